The second kappa shape index (κ2) is 7.26. The average molecular weight is 349 g/mol. The predicted octanol–water partition coefficient (Wildman–Crippen LogP) is 3.31. The van der Waals surface area contributed by atoms with E-state index in [2.05, 4.69) is 25.6 Å². The molecule has 1 aliphatic heterocycles. The number of anilines is 3. The van der Waals surface area contributed by atoms with Gasteiger partial charge in [0.05, 0.1) is 0 Å². The second-order valence-electron chi connectivity index (χ2n) is 5.88. The van der Waals surface area contributed by atoms with Crippen LogP contribution in [0.25, 0.3) is 0 Å². The molecule has 4 rings (SSSR count). The van der Waals surface area contributed by atoms with Gasteiger partial charge in [-0.15, -0.1) is 0 Å². The molecule has 1 aliphatic rings. The highest BCUT2D eigenvalue weighted by molar-refractivity contribution is 5.63. The Kier molecular flexibility index (Phi) is 4.51. The molecule has 7 nitrogen and oxygen atoms in total. The summed E-state index contributed by atoms with van der Waals surface area (Å²) in [7, 11) is 0. The Hall–Kier alpha value is -3.35. The smallest absolute Gasteiger partial charge is 0.163 e. The molecule has 3 heterocycles. The quantitative estimate of drug-likeness (QED) is 0.731. The minimum Gasteiger partial charge on any atom is -0.486 e. The number of aromatic nitrogens is 3. The fourth-order valence-corrected chi connectivity index (χ4v) is 2.69. The van der Waals surface area contributed by atoms with Crippen molar-refractivity contribution < 1.29 is 9.47 Å². The van der Waals surface area contributed by atoms with Crippen molar-refractivity contribution in [1.82, 2.24) is 15.0 Å². The maximum atomic E-state index is 5.62. The molecule has 0 spiro atoms. The Labute approximate surface area is 151 Å². The van der Waals surface area contributed by atoms with Crippen molar-refractivity contribution in [2.45, 2.75) is 13.5 Å². The zero-order valence-corrected chi connectivity index (χ0v) is 14.4. The summed E-state index contributed by atoms with van der Waals surface area (Å²) in [5.41, 5.74) is 1.97. The van der Waals surface area contributed by atoms with E-state index in [1.807, 2.05) is 49.5 Å². The van der Waals surface area contributed by atoms with Crippen LogP contribution < -0.4 is 20.1 Å². The number of ether oxygens (including phenoxy) is 2. The van der Waals surface area contributed by atoms with Crippen LogP contribution in [-0.2, 0) is 6.54 Å². The third-order valence-corrected chi connectivity index (χ3v) is 3.85. The van der Waals surface area contributed by atoms with Gasteiger partial charge in [0.25, 0.3) is 0 Å². The summed E-state index contributed by atoms with van der Waals surface area (Å²) in [5.74, 6) is 3.65. The van der Waals surface area contributed by atoms with Crippen molar-refractivity contribution >= 4 is 17.3 Å². The average Bonchev–Trinajstić information content (AvgIpc) is 2.67. The van der Waals surface area contributed by atoms with E-state index >= 15 is 0 Å². The topological polar surface area (TPSA) is 81.2 Å². The predicted molar refractivity (Wildman–Crippen MR) is 99.0 cm³/mol. The standard InChI is InChI=1S/C19H19N5O2/c1-13-22-18(21-12-14-3-2-6-20-11-14)10-19(23-13)24-15-4-5-16-17(9-15)26-8-7-25-16/h2-6,9-11H,7-8,12H2,1H3,(H2,21,22,23,24). The molecular formula is C19H19N5O2. The second-order valence-corrected chi connectivity index (χ2v) is 5.88. The molecule has 7 heteroatoms. The van der Waals surface area contributed by atoms with Crippen LogP contribution in [0.2, 0.25) is 0 Å². The van der Waals surface area contributed by atoms with E-state index in [4.69, 9.17) is 9.47 Å². The van der Waals surface area contributed by atoms with E-state index in [9.17, 15) is 0 Å². The Morgan fingerprint density at radius 3 is 2.69 bits per heavy atom. The largest absolute Gasteiger partial charge is 0.486 e. The van der Waals surface area contributed by atoms with Crippen LogP contribution in [-0.4, -0.2) is 28.2 Å². The van der Waals surface area contributed by atoms with Gasteiger partial charge in [-0.1, -0.05) is 6.07 Å². The molecule has 1 aromatic carbocycles. The monoisotopic (exact) mass is 349 g/mol. The maximum absolute atomic E-state index is 5.62. The van der Waals surface area contributed by atoms with Gasteiger partial charge in [-0.2, -0.15) is 0 Å². The zero-order chi connectivity index (χ0) is 17.8. The van der Waals surface area contributed by atoms with E-state index in [0.717, 1.165) is 28.6 Å². The number of aryl methyl sites for hydroxylation is 1. The van der Waals surface area contributed by atoms with Crippen molar-refractivity contribution in [3.63, 3.8) is 0 Å². The Morgan fingerprint density at radius 2 is 1.85 bits per heavy atom. The highest BCUT2D eigenvalue weighted by atomic mass is 16.6. The molecule has 2 aromatic heterocycles. The van der Waals surface area contributed by atoms with Crippen molar-refractivity contribution in [2.75, 3.05) is 23.8 Å². The van der Waals surface area contributed by atoms with Crippen LogP contribution in [0.5, 0.6) is 11.5 Å². The number of hydrogen-bond acceptors (Lipinski definition) is 7. The first-order chi connectivity index (χ1) is 12.8. The summed E-state index contributed by atoms with van der Waals surface area (Å²) in [5, 5.41) is 6.60. The molecule has 3 aromatic rings. The number of hydrogen-bond donors (Lipinski definition) is 2. The molecule has 0 bridgehead atoms. The number of fused-ring (bicyclic) bond motifs is 1. The molecule has 26 heavy (non-hydrogen) atoms. The molecular weight excluding hydrogens is 330 g/mol. The number of pyridine rings is 1. The van der Waals surface area contributed by atoms with E-state index in [1.165, 1.54) is 0 Å². The third-order valence-electron chi connectivity index (χ3n) is 3.85. The minimum absolute atomic E-state index is 0.561. The molecule has 132 valence electrons. The van der Waals surface area contributed by atoms with Crippen LogP contribution in [0.3, 0.4) is 0 Å². The minimum atomic E-state index is 0.561. The lowest BCUT2D eigenvalue weighted by Gasteiger charge is -2.19. The van der Waals surface area contributed by atoms with Gasteiger partial charge in [-0.05, 0) is 30.7 Å². The van der Waals surface area contributed by atoms with Gasteiger partial charge in [-0.3, -0.25) is 4.98 Å². The summed E-state index contributed by atoms with van der Waals surface area (Å²) in [6.07, 6.45) is 3.59. The lowest BCUT2D eigenvalue weighted by molar-refractivity contribution is 0.171. The normalized spacial score (nSPS) is 12.5. The van der Waals surface area contributed by atoms with Crippen LogP contribution in [0, 0.1) is 6.92 Å². The molecule has 0 unspecified atom stereocenters. The Bertz CT molecular complexity index is 902. The molecule has 0 radical (unpaired) electrons. The summed E-state index contributed by atoms with van der Waals surface area (Å²) >= 11 is 0. The van der Waals surface area contributed by atoms with Gasteiger partial charge in [0.1, 0.15) is 30.7 Å². The van der Waals surface area contributed by atoms with Crippen LogP contribution in [0.1, 0.15) is 11.4 Å². The Balaban J connectivity index is 1.49. The summed E-state index contributed by atoms with van der Waals surface area (Å²) in [6.45, 7) is 3.65. The summed E-state index contributed by atoms with van der Waals surface area (Å²) in [4.78, 5) is 13.0. The molecule has 0 fully saturated rings. The van der Waals surface area contributed by atoms with Gasteiger partial charge in [0.15, 0.2) is 11.5 Å². The fraction of sp³-hybridized carbons (Fsp3) is 0.211. The van der Waals surface area contributed by atoms with Gasteiger partial charge in [0.2, 0.25) is 0 Å². The van der Waals surface area contributed by atoms with Gasteiger partial charge < -0.3 is 20.1 Å². The number of nitrogens with one attached hydrogen (secondary N) is 2. The Morgan fingerprint density at radius 1 is 1.00 bits per heavy atom. The SMILES string of the molecule is Cc1nc(NCc2cccnc2)cc(Nc2ccc3c(c2)OCCO3)n1. The summed E-state index contributed by atoms with van der Waals surface area (Å²) in [6, 6.07) is 11.6. The lowest BCUT2D eigenvalue weighted by atomic mass is 10.2. The lowest BCUT2D eigenvalue weighted by Crippen LogP contribution is -2.15. The van der Waals surface area contributed by atoms with Crippen molar-refractivity contribution in [3.05, 3.63) is 60.2 Å². The van der Waals surface area contributed by atoms with Gasteiger partial charge in [-0.25, -0.2) is 9.97 Å². The molecule has 0 amide bonds. The van der Waals surface area contributed by atoms with Gasteiger partial charge in [0, 0.05) is 36.8 Å². The highest BCUT2D eigenvalue weighted by Gasteiger charge is 2.12. The molecule has 0 saturated heterocycles. The van der Waals surface area contributed by atoms with E-state index in [-0.39, 0.29) is 0 Å². The first kappa shape index (κ1) is 16.1. The van der Waals surface area contributed by atoms with Crippen molar-refractivity contribution in [3.8, 4) is 11.5 Å². The van der Waals surface area contributed by atoms with E-state index < -0.39 is 0 Å². The summed E-state index contributed by atoms with van der Waals surface area (Å²) < 4.78 is 11.2. The number of nitrogens with zero attached hydrogens (tertiary/aromatic N) is 3. The van der Waals surface area contributed by atoms with Crippen LogP contribution >= 0.6 is 0 Å². The van der Waals surface area contributed by atoms with Crippen molar-refractivity contribution in [2.24, 2.45) is 0 Å². The molecule has 0 aliphatic carbocycles. The molecule has 0 atom stereocenters. The fourth-order valence-electron chi connectivity index (χ4n) is 2.69. The van der Waals surface area contributed by atoms with Crippen LogP contribution in [0.15, 0.2) is 48.8 Å². The van der Waals surface area contributed by atoms with Crippen molar-refractivity contribution in [1.29, 1.82) is 0 Å². The number of benzene rings is 1. The number of rotatable bonds is 5. The van der Waals surface area contributed by atoms with E-state index in [0.29, 0.717) is 31.4 Å². The highest BCUT2D eigenvalue weighted by Crippen LogP contribution is 2.33. The third kappa shape index (κ3) is 3.83. The molecule has 2 N–H and O–H groups in total. The van der Waals surface area contributed by atoms with E-state index in [1.54, 1.807) is 6.20 Å². The molecule has 0 saturated carbocycles. The van der Waals surface area contributed by atoms with Crippen LogP contribution in [0.4, 0.5) is 17.3 Å². The first-order valence-corrected chi connectivity index (χ1v) is 8.41. The zero-order valence-electron chi connectivity index (χ0n) is 14.4. The first-order valence-electron chi connectivity index (χ1n) is 8.41. The van der Waals surface area contributed by atoms with Gasteiger partial charge >= 0.3 is 0 Å². The maximum Gasteiger partial charge on any atom is 0.163 e.